The molecule has 1 aromatic heterocycles. The fourth-order valence-electron chi connectivity index (χ4n) is 1.43. The van der Waals surface area contributed by atoms with Crippen LogP contribution in [0.15, 0.2) is 29.2 Å². The summed E-state index contributed by atoms with van der Waals surface area (Å²) in [5.41, 5.74) is 1.60. The van der Waals surface area contributed by atoms with Gasteiger partial charge in [0.2, 0.25) is 0 Å². The lowest BCUT2D eigenvalue weighted by Gasteiger charge is -2.02. The number of aromatic amines is 1. The minimum atomic E-state index is 0.0707. The highest BCUT2D eigenvalue weighted by Gasteiger charge is 2.01. The largest absolute Gasteiger partial charge is 0.497 e. The van der Waals surface area contributed by atoms with Crippen molar-refractivity contribution in [2.45, 2.75) is 20.8 Å². The van der Waals surface area contributed by atoms with Crippen molar-refractivity contribution < 1.29 is 4.74 Å². The normalized spacial score (nSPS) is 9.50. The molecule has 3 heteroatoms. The Morgan fingerprint density at radius 3 is 2.56 bits per heavy atom. The maximum absolute atomic E-state index is 11.7. The fraction of sp³-hybridized carbons (Fsp3) is 0.308. The molecule has 0 saturated carbocycles. The molecule has 0 fully saturated rings. The van der Waals surface area contributed by atoms with Crippen molar-refractivity contribution in [3.05, 3.63) is 40.2 Å². The van der Waals surface area contributed by atoms with E-state index in [9.17, 15) is 4.79 Å². The number of methoxy groups -OCH3 is 1. The summed E-state index contributed by atoms with van der Waals surface area (Å²) in [6.07, 6.45) is 1.71. The average Bonchev–Trinajstić information content (AvgIpc) is 2.36. The molecular weight excluding hydrogens is 202 g/mol. The van der Waals surface area contributed by atoms with Gasteiger partial charge in [-0.05, 0) is 19.1 Å². The third-order valence-electron chi connectivity index (χ3n) is 2.27. The summed E-state index contributed by atoms with van der Waals surface area (Å²) < 4.78 is 5.07. The number of ether oxygens (including phenoxy) is 1. The second-order valence-electron chi connectivity index (χ2n) is 3.21. The van der Waals surface area contributed by atoms with E-state index in [1.54, 1.807) is 32.4 Å². The molecule has 0 atom stereocenters. The molecule has 1 N–H and O–H groups in total. The van der Waals surface area contributed by atoms with Crippen LogP contribution in [0.5, 0.6) is 5.75 Å². The molecule has 0 radical (unpaired) electrons. The summed E-state index contributed by atoms with van der Waals surface area (Å²) in [4.78, 5) is 14.7. The SMILES string of the molecule is CC.COc1ccc2c(=O)c(C)c[nH]c2c1. The minimum Gasteiger partial charge on any atom is -0.497 e. The average molecular weight is 219 g/mol. The van der Waals surface area contributed by atoms with Gasteiger partial charge in [0.25, 0.3) is 0 Å². The Morgan fingerprint density at radius 1 is 1.25 bits per heavy atom. The molecule has 0 spiro atoms. The number of aryl methyl sites for hydroxylation is 1. The van der Waals surface area contributed by atoms with Crippen molar-refractivity contribution in [1.29, 1.82) is 0 Å². The van der Waals surface area contributed by atoms with Gasteiger partial charge in [-0.15, -0.1) is 0 Å². The second kappa shape index (κ2) is 5.35. The van der Waals surface area contributed by atoms with Crippen molar-refractivity contribution in [3.8, 4) is 5.75 Å². The van der Waals surface area contributed by atoms with E-state index in [2.05, 4.69) is 4.98 Å². The summed E-state index contributed by atoms with van der Waals surface area (Å²) >= 11 is 0. The predicted octanol–water partition coefficient (Wildman–Crippen LogP) is 2.87. The molecule has 0 saturated heterocycles. The van der Waals surface area contributed by atoms with Gasteiger partial charge >= 0.3 is 0 Å². The molecule has 2 aromatic rings. The number of benzene rings is 1. The van der Waals surface area contributed by atoms with Gasteiger partial charge in [0.05, 0.1) is 12.6 Å². The second-order valence-corrected chi connectivity index (χ2v) is 3.21. The fourth-order valence-corrected chi connectivity index (χ4v) is 1.43. The Hall–Kier alpha value is -1.77. The molecular formula is C13H17NO2. The van der Waals surface area contributed by atoms with Gasteiger partial charge in [0.15, 0.2) is 5.43 Å². The van der Waals surface area contributed by atoms with Crippen molar-refractivity contribution >= 4 is 10.9 Å². The van der Waals surface area contributed by atoms with Crippen LogP contribution in [0.4, 0.5) is 0 Å². The zero-order valence-electron chi connectivity index (χ0n) is 10.1. The van der Waals surface area contributed by atoms with E-state index in [4.69, 9.17) is 4.74 Å². The van der Waals surface area contributed by atoms with Crippen LogP contribution in [0.25, 0.3) is 10.9 Å². The first-order chi connectivity index (χ1) is 7.72. The number of fused-ring (bicyclic) bond motifs is 1. The van der Waals surface area contributed by atoms with Gasteiger partial charge in [-0.25, -0.2) is 0 Å². The Kier molecular flexibility index (Phi) is 4.11. The molecule has 86 valence electrons. The van der Waals surface area contributed by atoms with Crippen LogP contribution in [-0.4, -0.2) is 12.1 Å². The van der Waals surface area contributed by atoms with Crippen LogP contribution >= 0.6 is 0 Å². The molecule has 3 nitrogen and oxygen atoms in total. The van der Waals surface area contributed by atoms with E-state index in [1.165, 1.54) is 0 Å². The molecule has 0 aliphatic carbocycles. The number of hydrogen-bond acceptors (Lipinski definition) is 2. The van der Waals surface area contributed by atoms with Gasteiger partial charge in [-0.2, -0.15) is 0 Å². The molecule has 0 amide bonds. The Labute approximate surface area is 95.1 Å². The van der Waals surface area contributed by atoms with Crippen LogP contribution < -0.4 is 10.2 Å². The summed E-state index contributed by atoms with van der Waals surface area (Å²) in [6.45, 7) is 5.79. The zero-order valence-corrected chi connectivity index (χ0v) is 10.1. The molecule has 2 rings (SSSR count). The molecule has 16 heavy (non-hydrogen) atoms. The number of pyridine rings is 1. The molecule has 0 bridgehead atoms. The molecule has 0 unspecified atom stereocenters. The first-order valence-corrected chi connectivity index (χ1v) is 5.38. The van der Waals surface area contributed by atoms with Crippen LogP contribution in [0.2, 0.25) is 0 Å². The summed E-state index contributed by atoms with van der Waals surface area (Å²) in [5, 5.41) is 0.700. The smallest absolute Gasteiger partial charge is 0.192 e. The van der Waals surface area contributed by atoms with E-state index >= 15 is 0 Å². The Balaban J connectivity index is 0.000000606. The summed E-state index contributed by atoms with van der Waals surface area (Å²) in [7, 11) is 1.60. The van der Waals surface area contributed by atoms with E-state index < -0.39 is 0 Å². The monoisotopic (exact) mass is 219 g/mol. The number of rotatable bonds is 1. The molecule has 0 aliphatic heterocycles. The van der Waals surface area contributed by atoms with Gasteiger partial charge in [-0.3, -0.25) is 4.79 Å². The highest BCUT2D eigenvalue weighted by Crippen LogP contribution is 2.16. The quantitative estimate of drug-likeness (QED) is 0.801. The molecule has 1 aromatic carbocycles. The van der Waals surface area contributed by atoms with E-state index in [0.717, 1.165) is 16.8 Å². The van der Waals surface area contributed by atoms with Crippen LogP contribution in [0, 0.1) is 6.92 Å². The highest BCUT2D eigenvalue weighted by atomic mass is 16.5. The van der Waals surface area contributed by atoms with Crippen LogP contribution in [-0.2, 0) is 0 Å². The van der Waals surface area contributed by atoms with Crippen molar-refractivity contribution in [2.75, 3.05) is 7.11 Å². The molecule has 0 aliphatic rings. The third-order valence-corrected chi connectivity index (χ3v) is 2.27. The predicted molar refractivity (Wildman–Crippen MR) is 67.2 cm³/mol. The first-order valence-electron chi connectivity index (χ1n) is 5.38. The summed E-state index contributed by atoms with van der Waals surface area (Å²) in [5.74, 6) is 0.747. The minimum absolute atomic E-state index is 0.0707. The maximum Gasteiger partial charge on any atom is 0.192 e. The van der Waals surface area contributed by atoms with Gasteiger partial charge in [0, 0.05) is 23.2 Å². The van der Waals surface area contributed by atoms with Crippen molar-refractivity contribution in [2.24, 2.45) is 0 Å². The topological polar surface area (TPSA) is 42.1 Å². The van der Waals surface area contributed by atoms with Gasteiger partial charge in [0.1, 0.15) is 5.75 Å². The third kappa shape index (κ3) is 2.24. The lowest BCUT2D eigenvalue weighted by atomic mass is 10.1. The number of aromatic nitrogens is 1. The molecule has 1 heterocycles. The van der Waals surface area contributed by atoms with E-state index in [-0.39, 0.29) is 5.43 Å². The summed E-state index contributed by atoms with van der Waals surface area (Å²) in [6, 6.07) is 5.38. The highest BCUT2D eigenvalue weighted by molar-refractivity contribution is 5.80. The Morgan fingerprint density at radius 2 is 1.94 bits per heavy atom. The lowest BCUT2D eigenvalue weighted by molar-refractivity contribution is 0.415. The first kappa shape index (κ1) is 12.3. The van der Waals surface area contributed by atoms with Crippen molar-refractivity contribution in [1.82, 2.24) is 4.98 Å². The Bertz CT molecular complexity index is 529. The van der Waals surface area contributed by atoms with Gasteiger partial charge in [-0.1, -0.05) is 13.8 Å². The lowest BCUT2D eigenvalue weighted by Crippen LogP contribution is -2.05. The van der Waals surface area contributed by atoms with Gasteiger partial charge < -0.3 is 9.72 Å². The van der Waals surface area contributed by atoms with E-state index in [1.807, 2.05) is 19.9 Å². The maximum atomic E-state index is 11.7. The standard InChI is InChI=1S/C11H11NO2.C2H6/c1-7-6-12-10-5-8(14-2)3-4-9(10)11(7)13;1-2/h3-6H,1-2H3,(H,12,13);1-2H3. The van der Waals surface area contributed by atoms with Crippen molar-refractivity contribution in [3.63, 3.8) is 0 Å². The van der Waals surface area contributed by atoms with Crippen LogP contribution in [0.3, 0.4) is 0 Å². The number of nitrogens with one attached hydrogen (secondary N) is 1. The zero-order chi connectivity index (χ0) is 12.1. The van der Waals surface area contributed by atoms with Crippen LogP contribution in [0.1, 0.15) is 19.4 Å². The van der Waals surface area contributed by atoms with E-state index in [0.29, 0.717) is 5.39 Å². The number of hydrogen-bond donors (Lipinski definition) is 1. The number of H-pyrrole nitrogens is 1.